The lowest BCUT2D eigenvalue weighted by atomic mass is 10.1. The number of aromatic carboxylic acids is 1. The van der Waals surface area contributed by atoms with E-state index in [9.17, 15) is 9.18 Å². The number of benzene rings is 1. The molecule has 1 N–H and O–H groups in total. The van der Waals surface area contributed by atoms with Crippen LogP contribution in [-0.2, 0) is 6.54 Å². The van der Waals surface area contributed by atoms with E-state index in [2.05, 4.69) is 4.90 Å². The Labute approximate surface area is 128 Å². The predicted molar refractivity (Wildman–Crippen MR) is 81.6 cm³/mol. The molecule has 0 spiro atoms. The molecule has 4 nitrogen and oxygen atoms in total. The molecule has 0 atom stereocenters. The van der Waals surface area contributed by atoms with E-state index in [4.69, 9.17) is 9.52 Å². The summed E-state index contributed by atoms with van der Waals surface area (Å²) in [5, 5.41) is 9.65. The number of aryl methyl sites for hydroxylation is 1. The molecule has 0 saturated carbocycles. The van der Waals surface area contributed by atoms with E-state index >= 15 is 0 Å². The summed E-state index contributed by atoms with van der Waals surface area (Å²) >= 11 is 0. The second-order valence-corrected chi connectivity index (χ2v) is 6.01. The second-order valence-electron chi connectivity index (χ2n) is 6.01. The van der Waals surface area contributed by atoms with Crippen LogP contribution in [0.2, 0.25) is 0 Å². The summed E-state index contributed by atoms with van der Waals surface area (Å²) in [6.07, 6.45) is 4.87. The van der Waals surface area contributed by atoms with Gasteiger partial charge in [-0.05, 0) is 50.6 Å². The van der Waals surface area contributed by atoms with Crippen molar-refractivity contribution in [2.45, 2.75) is 39.2 Å². The molecule has 1 saturated heterocycles. The van der Waals surface area contributed by atoms with E-state index in [1.165, 1.54) is 31.7 Å². The zero-order valence-corrected chi connectivity index (χ0v) is 12.7. The van der Waals surface area contributed by atoms with Crippen LogP contribution in [0.3, 0.4) is 0 Å². The standard InChI is InChI=1S/C17H20FNO3/c1-11-13-8-12(10-19-6-4-2-3-5-7-19)9-14(18)16(13)22-15(11)17(20)21/h8-9H,2-7,10H2,1H3,(H,20,21). The van der Waals surface area contributed by atoms with Gasteiger partial charge in [-0.3, -0.25) is 4.90 Å². The number of nitrogens with zero attached hydrogens (tertiary/aromatic N) is 1. The van der Waals surface area contributed by atoms with Gasteiger partial charge < -0.3 is 9.52 Å². The Kier molecular flexibility index (Phi) is 4.16. The molecule has 0 unspecified atom stereocenters. The molecule has 0 radical (unpaired) electrons. The minimum absolute atomic E-state index is 0.0366. The number of hydrogen-bond donors (Lipinski definition) is 1. The van der Waals surface area contributed by atoms with E-state index < -0.39 is 11.8 Å². The Hall–Kier alpha value is -1.88. The van der Waals surface area contributed by atoms with E-state index in [-0.39, 0.29) is 11.3 Å². The van der Waals surface area contributed by atoms with Crippen molar-refractivity contribution in [2.75, 3.05) is 13.1 Å². The van der Waals surface area contributed by atoms with Gasteiger partial charge in [0.05, 0.1) is 0 Å². The third kappa shape index (κ3) is 2.86. The summed E-state index contributed by atoms with van der Waals surface area (Å²) in [4.78, 5) is 13.5. The maximum Gasteiger partial charge on any atom is 0.372 e. The molecule has 0 bridgehead atoms. The fourth-order valence-corrected chi connectivity index (χ4v) is 3.18. The van der Waals surface area contributed by atoms with Crippen molar-refractivity contribution in [3.05, 3.63) is 34.8 Å². The van der Waals surface area contributed by atoms with Gasteiger partial charge in [0.2, 0.25) is 5.76 Å². The maximum atomic E-state index is 14.2. The maximum absolute atomic E-state index is 14.2. The summed E-state index contributed by atoms with van der Waals surface area (Å²) in [7, 11) is 0. The summed E-state index contributed by atoms with van der Waals surface area (Å²) in [6.45, 7) is 4.42. The van der Waals surface area contributed by atoms with Gasteiger partial charge in [0.15, 0.2) is 11.4 Å². The lowest BCUT2D eigenvalue weighted by Gasteiger charge is -2.19. The molecule has 2 aromatic rings. The number of rotatable bonds is 3. The zero-order valence-electron chi connectivity index (χ0n) is 12.7. The topological polar surface area (TPSA) is 53.7 Å². The lowest BCUT2D eigenvalue weighted by molar-refractivity contribution is 0.0663. The van der Waals surface area contributed by atoms with Gasteiger partial charge in [0.1, 0.15) is 0 Å². The average molecular weight is 305 g/mol. The van der Waals surface area contributed by atoms with Crippen LogP contribution in [0.4, 0.5) is 4.39 Å². The average Bonchev–Trinajstić information content (AvgIpc) is 2.65. The van der Waals surface area contributed by atoms with Crippen LogP contribution in [0.5, 0.6) is 0 Å². The van der Waals surface area contributed by atoms with Crippen molar-refractivity contribution in [1.82, 2.24) is 4.90 Å². The van der Waals surface area contributed by atoms with Gasteiger partial charge in [0.25, 0.3) is 0 Å². The van der Waals surface area contributed by atoms with Crippen LogP contribution in [-0.4, -0.2) is 29.1 Å². The molecule has 3 rings (SSSR count). The smallest absolute Gasteiger partial charge is 0.372 e. The molecule has 5 heteroatoms. The minimum atomic E-state index is -1.16. The van der Waals surface area contributed by atoms with Gasteiger partial charge in [-0.25, -0.2) is 9.18 Å². The highest BCUT2D eigenvalue weighted by Gasteiger charge is 2.20. The Morgan fingerprint density at radius 2 is 1.95 bits per heavy atom. The molecule has 1 aromatic carbocycles. The molecular formula is C17H20FNO3. The number of furan rings is 1. The van der Waals surface area contributed by atoms with Crippen LogP contribution in [0.15, 0.2) is 16.5 Å². The molecule has 118 valence electrons. The van der Waals surface area contributed by atoms with Gasteiger partial charge in [-0.2, -0.15) is 0 Å². The number of carbonyl (C=O) groups is 1. The molecule has 0 aliphatic carbocycles. The van der Waals surface area contributed by atoms with Crippen molar-refractivity contribution < 1.29 is 18.7 Å². The van der Waals surface area contributed by atoms with Crippen LogP contribution >= 0.6 is 0 Å². The Balaban J connectivity index is 1.94. The first kappa shape index (κ1) is 15.0. The van der Waals surface area contributed by atoms with Crippen molar-refractivity contribution in [1.29, 1.82) is 0 Å². The van der Waals surface area contributed by atoms with Crippen LogP contribution < -0.4 is 0 Å². The fourth-order valence-electron chi connectivity index (χ4n) is 3.18. The van der Waals surface area contributed by atoms with Crippen molar-refractivity contribution >= 4 is 16.9 Å². The SMILES string of the molecule is Cc1c(C(=O)O)oc2c(F)cc(CN3CCCCCC3)cc12. The summed E-state index contributed by atoms with van der Waals surface area (Å²) in [5.41, 5.74) is 1.39. The second kappa shape index (κ2) is 6.08. The Bertz CT molecular complexity index is 699. The Morgan fingerprint density at radius 1 is 1.27 bits per heavy atom. The van der Waals surface area contributed by atoms with Gasteiger partial charge >= 0.3 is 5.97 Å². The summed E-state index contributed by atoms with van der Waals surface area (Å²) in [5.74, 6) is -1.83. The van der Waals surface area contributed by atoms with Crippen LogP contribution in [0, 0.1) is 12.7 Å². The van der Waals surface area contributed by atoms with E-state index in [0.29, 0.717) is 17.5 Å². The predicted octanol–water partition coefficient (Wildman–Crippen LogP) is 3.95. The number of hydrogen-bond acceptors (Lipinski definition) is 3. The van der Waals surface area contributed by atoms with Gasteiger partial charge in [-0.1, -0.05) is 12.8 Å². The summed E-state index contributed by atoms with van der Waals surface area (Å²) < 4.78 is 19.4. The molecule has 1 aromatic heterocycles. The summed E-state index contributed by atoms with van der Waals surface area (Å²) in [6, 6.07) is 3.32. The normalized spacial score (nSPS) is 16.8. The quantitative estimate of drug-likeness (QED) is 0.932. The first-order valence-corrected chi connectivity index (χ1v) is 7.73. The molecule has 2 heterocycles. The highest BCUT2D eigenvalue weighted by molar-refractivity contribution is 5.95. The number of carboxylic acid groups (broad SMARTS) is 1. The monoisotopic (exact) mass is 305 g/mol. The van der Waals surface area contributed by atoms with Crippen molar-refractivity contribution in [3.63, 3.8) is 0 Å². The zero-order chi connectivity index (χ0) is 15.7. The third-order valence-corrected chi connectivity index (χ3v) is 4.35. The first-order valence-electron chi connectivity index (χ1n) is 7.73. The fraction of sp³-hybridized carbons (Fsp3) is 0.471. The minimum Gasteiger partial charge on any atom is -0.475 e. The molecule has 22 heavy (non-hydrogen) atoms. The Morgan fingerprint density at radius 3 is 2.59 bits per heavy atom. The molecular weight excluding hydrogens is 285 g/mol. The number of likely N-dealkylation sites (tertiary alicyclic amines) is 1. The van der Waals surface area contributed by atoms with Crippen molar-refractivity contribution in [2.24, 2.45) is 0 Å². The van der Waals surface area contributed by atoms with E-state index in [1.807, 2.05) is 6.07 Å². The van der Waals surface area contributed by atoms with Gasteiger partial charge in [0, 0.05) is 17.5 Å². The largest absolute Gasteiger partial charge is 0.475 e. The van der Waals surface area contributed by atoms with E-state index in [1.54, 1.807) is 6.92 Å². The van der Waals surface area contributed by atoms with Crippen molar-refractivity contribution in [3.8, 4) is 0 Å². The molecule has 1 fully saturated rings. The highest BCUT2D eigenvalue weighted by Crippen LogP contribution is 2.29. The van der Waals surface area contributed by atoms with Crippen LogP contribution in [0.1, 0.15) is 47.4 Å². The highest BCUT2D eigenvalue weighted by atomic mass is 19.1. The number of fused-ring (bicyclic) bond motifs is 1. The number of carboxylic acids is 1. The lowest BCUT2D eigenvalue weighted by Crippen LogP contribution is -2.23. The molecule has 1 aliphatic heterocycles. The van der Waals surface area contributed by atoms with Gasteiger partial charge in [-0.15, -0.1) is 0 Å². The number of halogens is 1. The molecule has 0 amide bonds. The molecule has 1 aliphatic rings. The first-order chi connectivity index (χ1) is 10.6. The van der Waals surface area contributed by atoms with E-state index in [0.717, 1.165) is 18.7 Å². The van der Waals surface area contributed by atoms with Crippen LogP contribution in [0.25, 0.3) is 11.0 Å². The third-order valence-electron chi connectivity index (χ3n) is 4.35.